The zero-order valence-corrected chi connectivity index (χ0v) is 14.2. The Balaban J connectivity index is 1.68. The highest BCUT2D eigenvalue weighted by Gasteiger charge is 2.40. The van der Waals surface area contributed by atoms with Crippen LogP contribution in [0.3, 0.4) is 0 Å². The van der Waals surface area contributed by atoms with E-state index in [1.54, 1.807) is 0 Å². The number of pyridine rings is 1. The van der Waals surface area contributed by atoms with E-state index in [0.717, 1.165) is 18.4 Å². The maximum atomic E-state index is 12.5. The van der Waals surface area contributed by atoms with Crippen molar-refractivity contribution in [2.24, 2.45) is 0 Å². The van der Waals surface area contributed by atoms with Crippen molar-refractivity contribution >= 4 is 5.91 Å². The number of aliphatic hydroxyl groups excluding tert-OH is 1. The Morgan fingerprint density at radius 3 is 3.21 bits per heavy atom. The van der Waals surface area contributed by atoms with Gasteiger partial charge in [0.05, 0.1) is 37.5 Å². The van der Waals surface area contributed by atoms with Gasteiger partial charge in [-0.2, -0.15) is 0 Å². The summed E-state index contributed by atoms with van der Waals surface area (Å²) < 4.78 is 11.1. The van der Waals surface area contributed by atoms with Crippen molar-refractivity contribution in [2.45, 2.75) is 31.3 Å². The lowest BCUT2D eigenvalue weighted by Gasteiger charge is -2.47. The number of nitrogens with zero attached hydrogens (tertiary/aromatic N) is 2. The summed E-state index contributed by atoms with van der Waals surface area (Å²) in [6.45, 7) is 3.97. The zero-order valence-electron chi connectivity index (χ0n) is 14.2. The van der Waals surface area contributed by atoms with E-state index in [1.807, 2.05) is 20.0 Å². The highest BCUT2D eigenvalue weighted by molar-refractivity contribution is 5.94. The number of hydrogen-bond acceptors (Lipinski definition) is 6. The van der Waals surface area contributed by atoms with Gasteiger partial charge in [0.2, 0.25) is 5.88 Å². The third-order valence-electron chi connectivity index (χ3n) is 5.03. The fourth-order valence-electron chi connectivity index (χ4n) is 3.20. The smallest absolute Gasteiger partial charge is 0.252 e. The summed E-state index contributed by atoms with van der Waals surface area (Å²) in [6.07, 6.45) is 3.35. The summed E-state index contributed by atoms with van der Waals surface area (Å²) in [4.78, 5) is 18.8. The van der Waals surface area contributed by atoms with Crippen LogP contribution in [0.1, 0.15) is 29.3 Å². The molecule has 1 fully saturated rings. The van der Waals surface area contributed by atoms with Gasteiger partial charge in [0, 0.05) is 24.3 Å². The molecule has 3 heterocycles. The molecule has 0 saturated carbocycles. The van der Waals surface area contributed by atoms with Crippen molar-refractivity contribution in [3.8, 4) is 5.88 Å². The quantitative estimate of drug-likeness (QED) is 0.819. The lowest BCUT2D eigenvalue weighted by molar-refractivity contribution is -0.105. The number of likely N-dealkylation sites (N-methyl/N-ethyl adjacent to an activating group) is 1. The molecule has 0 spiro atoms. The molecule has 1 saturated heterocycles. The second-order valence-electron chi connectivity index (χ2n) is 6.68. The van der Waals surface area contributed by atoms with Crippen LogP contribution in [0.5, 0.6) is 5.88 Å². The van der Waals surface area contributed by atoms with Gasteiger partial charge in [0.15, 0.2) is 0 Å². The van der Waals surface area contributed by atoms with E-state index in [1.165, 1.54) is 6.20 Å². The molecule has 0 bridgehead atoms. The maximum Gasteiger partial charge on any atom is 0.252 e. The maximum absolute atomic E-state index is 12.5. The number of aliphatic hydroxyl groups is 1. The van der Waals surface area contributed by atoms with Crippen LogP contribution in [-0.4, -0.2) is 72.5 Å². The Morgan fingerprint density at radius 1 is 1.58 bits per heavy atom. The van der Waals surface area contributed by atoms with Gasteiger partial charge in [-0.25, -0.2) is 4.98 Å². The average Bonchev–Trinajstić information content (AvgIpc) is 2.62. The number of hydrogen-bond donors (Lipinski definition) is 2. The molecule has 0 aliphatic carbocycles. The number of morpholine rings is 1. The number of aryl methyl sites for hydroxylation is 1. The first kappa shape index (κ1) is 17.1. The Labute approximate surface area is 142 Å². The fraction of sp³-hybridized carbons (Fsp3) is 0.647. The predicted octanol–water partition coefficient (Wildman–Crippen LogP) is 0.218. The van der Waals surface area contributed by atoms with E-state index in [-0.39, 0.29) is 18.6 Å². The average molecular weight is 335 g/mol. The standard InChI is InChI=1S/C17H25N3O4/c1-12-8-23-11-17(10-21,20(12)2)9-19-15(22)14-6-13-4-3-5-24-16(13)18-7-14/h6-7,12,21H,3-5,8-11H2,1-2H3,(H,19,22)/t12-,17+/m1/s1. The number of rotatable bonds is 4. The summed E-state index contributed by atoms with van der Waals surface area (Å²) in [5, 5.41) is 12.8. The van der Waals surface area contributed by atoms with Crippen molar-refractivity contribution in [1.29, 1.82) is 0 Å². The number of nitrogens with one attached hydrogen (secondary N) is 1. The summed E-state index contributed by atoms with van der Waals surface area (Å²) in [5.74, 6) is 0.425. The third-order valence-corrected chi connectivity index (χ3v) is 5.03. The lowest BCUT2D eigenvalue weighted by Crippen LogP contribution is -2.65. The van der Waals surface area contributed by atoms with Crippen LogP contribution < -0.4 is 10.1 Å². The molecule has 3 rings (SSSR count). The number of fused-ring (bicyclic) bond motifs is 1. The number of ether oxygens (including phenoxy) is 2. The Morgan fingerprint density at radius 2 is 2.42 bits per heavy atom. The topological polar surface area (TPSA) is 83.9 Å². The van der Waals surface area contributed by atoms with Crippen LogP contribution in [-0.2, 0) is 11.2 Å². The van der Waals surface area contributed by atoms with E-state index >= 15 is 0 Å². The molecule has 0 aromatic carbocycles. The van der Waals surface area contributed by atoms with Gasteiger partial charge in [-0.15, -0.1) is 0 Å². The Hall–Kier alpha value is -1.70. The van der Waals surface area contributed by atoms with Crippen LogP contribution in [0.4, 0.5) is 0 Å². The first-order valence-corrected chi connectivity index (χ1v) is 8.37. The van der Waals surface area contributed by atoms with E-state index in [9.17, 15) is 9.90 Å². The lowest BCUT2D eigenvalue weighted by atomic mass is 9.96. The number of carbonyl (C=O) groups is 1. The molecule has 1 aromatic heterocycles. The van der Waals surface area contributed by atoms with Gasteiger partial charge in [-0.05, 0) is 32.9 Å². The number of carbonyl (C=O) groups excluding carboxylic acids is 1. The molecule has 132 valence electrons. The van der Waals surface area contributed by atoms with Crippen LogP contribution in [0.15, 0.2) is 12.3 Å². The highest BCUT2D eigenvalue weighted by Crippen LogP contribution is 2.24. The number of aromatic nitrogens is 1. The van der Waals surface area contributed by atoms with Crippen molar-refractivity contribution in [1.82, 2.24) is 15.2 Å². The van der Waals surface area contributed by atoms with Gasteiger partial charge in [0.25, 0.3) is 5.91 Å². The van der Waals surface area contributed by atoms with Crippen molar-refractivity contribution in [3.05, 3.63) is 23.4 Å². The Kier molecular flexibility index (Phi) is 5.03. The summed E-state index contributed by atoms with van der Waals surface area (Å²) >= 11 is 0. The molecule has 1 amide bonds. The normalized spacial score (nSPS) is 27.2. The predicted molar refractivity (Wildman–Crippen MR) is 88.2 cm³/mol. The summed E-state index contributed by atoms with van der Waals surface area (Å²) in [7, 11) is 1.95. The molecule has 0 radical (unpaired) electrons. The van der Waals surface area contributed by atoms with Crippen molar-refractivity contribution < 1.29 is 19.4 Å². The highest BCUT2D eigenvalue weighted by atomic mass is 16.5. The van der Waals surface area contributed by atoms with Crippen LogP contribution >= 0.6 is 0 Å². The second kappa shape index (κ2) is 7.04. The molecule has 1 aromatic rings. The van der Waals surface area contributed by atoms with Crippen molar-refractivity contribution in [2.75, 3.05) is 40.0 Å². The molecule has 2 atom stereocenters. The molecule has 2 N–H and O–H groups in total. The van der Waals surface area contributed by atoms with E-state index < -0.39 is 5.54 Å². The molecule has 0 unspecified atom stereocenters. The van der Waals surface area contributed by atoms with Gasteiger partial charge >= 0.3 is 0 Å². The van der Waals surface area contributed by atoms with Gasteiger partial charge in [-0.1, -0.05) is 0 Å². The number of amides is 1. The minimum absolute atomic E-state index is 0.0790. The summed E-state index contributed by atoms with van der Waals surface area (Å²) in [6, 6.07) is 2.02. The van der Waals surface area contributed by atoms with Crippen LogP contribution in [0.2, 0.25) is 0 Å². The third kappa shape index (κ3) is 3.24. The molecule has 2 aliphatic rings. The van der Waals surface area contributed by atoms with E-state index in [0.29, 0.717) is 37.8 Å². The van der Waals surface area contributed by atoms with Crippen LogP contribution in [0.25, 0.3) is 0 Å². The second-order valence-corrected chi connectivity index (χ2v) is 6.68. The minimum atomic E-state index is -0.599. The zero-order chi connectivity index (χ0) is 17.2. The molecular formula is C17H25N3O4. The largest absolute Gasteiger partial charge is 0.477 e. The fourth-order valence-corrected chi connectivity index (χ4v) is 3.20. The molecular weight excluding hydrogens is 310 g/mol. The van der Waals surface area contributed by atoms with Gasteiger partial charge < -0.3 is 19.9 Å². The van der Waals surface area contributed by atoms with Crippen LogP contribution in [0, 0.1) is 0 Å². The first-order chi connectivity index (χ1) is 11.6. The molecule has 2 aliphatic heterocycles. The van der Waals surface area contributed by atoms with E-state index in [2.05, 4.69) is 15.2 Å². The first-order valence-electron chi connectivity index (χ1n) is 8.37. The van der Waals surface area contributed by atoms with E-state index in [4.69, 9.17) is 9.47 Å². The van der Waals surface area contributed by atoms with Gasteiger partial charge in [-0.3, -0.25) is 9.69 Å². The molecule has 7 nitrogen and oxygen atoms in total. The molecule has 7 heteroatoms. The monoisotopic (exact) mass is 335 g/mol. The molecule has 24 heavy (non-hydrogen) atoms. The SMILES string of the molecule is C[C@@H]1COC[C@@](CO)(CNC(=O)c2cnc3c(c2)CCCO3)N1C. The summed E-state index contributed by atoms with van der Waals surface area (Å²) in [5.41, 5.74) is 0.884. The Bertz CT molecular complexity index is 609. The minimum Gasteiger partial charge on any atom is -0.477 e. The van der Waals surface area contributed by atoms with Gasteiger partial charge in [0.1, 0.15) is 0 Å². The van der Waals surface area contributed by atoms with Crippen molar-refractivity contribution in [3.63, 3.8) is 0 Å².